The summed E-state index contributed by atoms with van der Waals surface area (Å²) in [5.41, 5.74) is 5.73. The average Bonchev–Trinajstić information content (AvgIpc) is 2.98. The van der Waals surface area contributed by atoms with Crippen LogP contribution >= 0.6 is 0 Å². The average molecular weight is 655 g/mol. The molecule has 0 aliphatic carbocycles. The van der Waals surface area contributed by atoms with Gasteiger partial charge in [-0.15, -0.1) is 0 Å². The van der Waals surface area contributed by atoms with Crippen molar-refractivity contribution in [1.82, 2.24) is 4.90 Å². The molecule has 0 aromatic heterocycles. The van der Waals surface area contributed by atoms with Gasteiger partial charge in [0.25, 0.3) is 0 Å². The molecule has 0 bridgehead atoms. The second-order valence-electron chi connectivity index (χ2n) is 12.1. The molecule has 0 radical (unpaired) electrons. The third-order valence-corrected chi connectivity index (χ3v) is 7.86. The van der Waals surface area contributed by atoms with Crippen LogP contribution in [-0.2, 0) is 19.1 Å². The summed E-state index contributed by atoms with van der Waals surface area (Å²) >= 11 is 0. The third-order valence-electron chi connectivity index (χ3n) is 7.86. The minimum absolute atomic E-state index is 0.0122. The van der Waals surface area contributed by atoms with E-state index in [9.17, 15) is 22.8 Å². The van der Waals surface area contributed by atoms with Crippen LogP contribution < -0.4 is 5.73 Å². The van der Waals surface area contributed by atoms with E-state index >= 15 is 0 Å². The summed E-state index contributed by atoms with van der Waals surface area (Å²) in [7, 11) is 0. The van der Waals surface area contributed by atoms with Gasteiger partial charge in [-0.1, -0.05) is 104 Å². The van der Waals surface area contributed by atoms with Gasteiger partial charge in [-0.3, -0.25) is 9.59 Å². The Morgan fingerprint density at radius 3 is 1.56 bits per heavy atom. The maximum absolute atomic E-state index is 12.2. The highest BCUT2D eigenvalue weighted by atomic mass is 19.4. The van der Waals surface area contributed by atoms with Crippen LogP contribution in [0, 0.1) is 5.92 Å². The molecule has 0 spiro atoms. The summed E-state index contributed by atoms with van der Waals surface area (Å²) in [6.45, 7) is 9.15. The lowest BCUT2D eigenvalue weighted by Gasteiger charge is -2.22. The number of nitrogens with two attached hydrogens (primary N) is 1. The van der Waals surface area contributed by atoms with E-state index < -0.39 is 18.1 Å². The number of carbonyl (C=O) groups excluding carboxylic acids is 1. The fraction of sp³-hybridized carbons (Fsp3) is 0.912. The second kappa shape index (κ2) is 32.1. The molecule has 0 rings (SSSR count). The highest BCUT2D eigenvalue weighted by Gasteiger charge is 2.38. The summed E-state index contributed by atoms with van der Waals surface area (Å²) in [6.07, 6.45) is 19.1. The first-order chi connectivity index (χ1) is 21.5. The monoisotopic (exact) mass is 654 g/mol. The normalized spacial score (nSPS) is 11.5. The van der Waals surface area contributed by atoms with E-state index in [2.05, 4.69) is 18.7 Å². The number of esters is 1. The van der Waals surface area contributed by atoms with Crippen molar-refractivity contribution in [3.8, 4) is 0 Å². The van der Waals surface area contributed by atoms with Gasteiger partial charge in [0, 0.05) is 12.8 Å². The summed E-state index contributed by atoms with van der Waals surface area (Å²) in [5, 5.41) is 15.8. The van der Waals surface area contributed by atoms with Gasteiger partial charge in [-0.25, -0.2) is 4.79 Å². The lowest BCUT2D eigenvalue weighted by molar-refractivity contribution is -0.192. The molecule has 0 fully saturated rings. The SMILES string of the molecule is CCCCCC(CCCCC)CCOC(=O)CCCCCCCN(CCCN)CCCCCCCC(=O)O.O=C(O)C(F)(F)F. The fourth-order valence-electron chi connectivity index (χ4n) is 5.14. The Morgan fingerprint density at radius 1 is 0.667 bits per heavy atom. The number of carbonyl (C=O) groups is 3. The Bertz CT molecular complexity index is 700. The van der Waals surface area contributed by atoms with Crippen molar-refractivity contribution in [2.24, 2.45) is 11.7 Å². The van der Waals surface area contributed by atoms with E-state index in [1.165, 1.54) is 83.5 Å². The van der Waals surface area contributed by atoms with Crippen LogP contribution in [0.3, 0.4) is 0 Å². The summed E-state index contributed by atoms with van der Waals surface area (Å²) in [4.78, 5) is 34.2. The molecule has 0 saturated heterocycles. The molecular formula is C34H65F3N2O6. The van der Waals surface area contributed by atoms with Crippen molar-refractivity contribution < 1.29 is 42.5 Å². The van der Waals surface area contributed by atoms with E-state index in [1.807, 2.05) is 0 Å². The molecule has 0 heterocycles. The molecule has 0 amide bonds. The predicted molar refractivity (Wildman–Crippen MR) is 174 cm³/mol. The predicted octanol–water partition coefficient (Wildman–Crippen LogP) is 8.75. The maximum atomic E-state index is 12.2. The lowest BCUT2D eigenvalue weighted by Crippen LogP contribution is -2.28. The van der Waals surface area contributed by atoms with Crippen molar-refractivity contribution >= 4 is 17.9 Å². The third kappa shape index (κ3) is 34.8. The number of nitrogens with zero attached hydrogens (tertiary/aromatic N) is 1. The van der Waals surface area contributed by atoms with Gasteiger partial charge >= 0.3 is 24.1 Å². The number of halogens is 3. The van der Waals surface area contributed by atoms with Gasteiger partial charge in [0.05, 0.1) is 6.61 Å². The Morgan fingerprint density at radius 2 is 1.11 bits per heavy atom. The molecule has 0 aliphatic rings. The first-order valence-electron chi connectivity index (χ1n) is 17.6. The maximum Gasteiger partial charge on any atom is 0.490 e. The van der Waals surface area contributed by atoms with Crippen LogP contribution in [0.4, 0.5) is 13.2 Å². The molecule has 0 aromatic rings. The van der Waals surface area contributed by atoms with Crippen molar-refractivity contribution in [1.29, 1.82) is 0 Å². The van der Waals surface area contributed by atoms with Crippen molar-refractivity contribution in [2.45, 2.75) is 161 Å². The molecular weight excluding hydrogens is 589 g/mol. The van der Waals surface area contributed by atoms with Gasteiger partial charge < -0.3 is 25.6 Å². The standard InChI is InChI=1S/C32H64N2O4.C2HF3O2/c1-3-5-13-20-30(21-14-6-4-2)24-29-38-32(37)23-16-10-8-12-18-27-34(28-19-25-33)26-17-11-7-9-15-22-31(35)36;3-2(4,5)1(6)7/h30H,3-29,33H2,1-2H3,(H,35,36);(H,6,7). The Labute approximate surface area is 271 Å². The minimum atomic E-state index is -5.08. The first-order valence-corrected chi connectivity index (χ1v) is 17.6. The van der Waals surface area contributed by atoms with Crippen LogP contribution in [0.2, 0.25) is 0 Å². The van der Waals surface area contributed by atoms with E-state index in [0.29, 0.717) is 25.4 Å². The molecule has 4 N–H and O–H groups in total. The quantitative estimate of drug-likeness (QED) is 0.0518. The minimum Gasteiger partial charge on any atom is -0.481 e. The molecule has 0 aromatic carbocycles. The van der Waals surface area contributed by atoms with Crippen LogP contribution in [0.5, 0.6) is 0 Å². The van der Waals surface area contributed by atoms with Crippen molar-refractivity contribution in [3.63, 3.8) is 0 Å². The zero-order valence-electron chi connectivity index (χ0n) is 28.4. The number of hydrogen-bond donors (Lipinski definition) is 3. The molecule has 8 nitrogen and oxygen atoms in total. The Kier molecular flexibility index (Phi) is 32.2. The number of aliphatic carboxylic acids is 2. The largest absolute Gasteiger partial charge is 0.490 e. The summed E-state index contributed by atoms with van der Waals surface area (Å²) in [5.74, 6) is -2.74. The zero-order chi connectivity index (χ0) is 34.2. The Hall–Kier alpha value is -1.88. The van der Waals surface area contributed by atoms with Gasteiger partial charge in [-0.2, -0.15) is 13.2 Å². The van der Waals surface area contributed by atoms with E-state index in [4.69, 9.17) is 25.5 Å². The number of unbranched alkanes of at least 4 members (excludes halogenated alkanes) is 12. The molecule has 0 unspecified atom stereocenters. The Balaban J connectivity index is 0. The van der Waals surface area contributed by atoms with Crippen molar-refractivity contribution in [2.75, 3.05) is 32.8 Å². The summed E-state index contributed by atoms with van der Waals surface area (Å²) < 4.78 is 37.3. The molecule has 11 heteroatoms. The molecule has 0 aliphatic heterocycles. The van der Waals surface area contributed by atoms with Gasteiger partial charge in [0.1, 0.15) is 0 Å². The number of hydrogen-bond acceptors (Lipinski definition) is 6. The first kappa shape index (κ1) is 45.2. The van der Waals surface area contributed by atoms with Crippen LogP contribution in [0.1, 0.15) is 155 Å². The molecule has 45 heavy (non-hydrogen) atoms. The van der Waals surface area contributed by atoms with E-state index in [1.54, 1.807) is 0 Å². The number of ether oxygens (including phenoxy) is 1. The van der Waals surface area contributed by atoms with Gasteiger partial charge in [0.15, 0.2) is 0 Å². The summed E-state index contributed by atoms with van der Waals surface area (Å²) in [6, 6.07) is 0. The molecule has 0 atom stereocenters. The number of carboxylic acids is 2. The topological polar surface area (TPSA) is 130 Å². The van der Waals surface area contributed by atoms with Crippen LogP contribution in [0.15, 0.2) is 0 Å². The van der Waals surface area contributed by atoms with Crippen molar-refractivity contribution in [3.05, 3.63) is 0 Å². The van der Waals surface area contributed by atoms with Gasteiger partial charge in [0.2, 0.25) is 0 Å². The number of carboxylic acid groups (broad SMARTS) is 2. The van der Waals surface area contributed by atoms with E-state index in [-0.39, 0.29) is 5.97 Å². The van der Waals surface area contributed by atoms with E-state index in [0.717, 1.165) is 71.1 Å². The smallest absolute Gasteiger partial charge is 0.481 e. The number of alkyl halides is 3. The lowest BCUT2D eigenvalue weighted by atomic mass is 9.92. The van der Waals surface area contributed by atoms with Gasteiger partial charge in [-0.05, 0) is 70.6 Å². The number of rotatable bonds is 30. The highest BCUT2D eigenvalue weighted by molar-refractivity contribution is 5.73. The van der Waals surface area contributed by atoms with Crippen LogP contribution in [-0.4, -0.2) is 72.0 Å². The molecule has 0 saturated carbocycles. The second-order valence-corrected chi connectivity index (χ2v) is 12.1. The fourth-order valence-corrected chi connectivity index (χ4v) is 5.14. The van der Waals surface area contributed by atoms with Crippen LogP contribution in [0.25, 0.3) is 0 Å². The molecule has 268 valence electrons. The zero-order valence-corrected chi connectivity index (χ0v) is 28.4. The highest BCUT2D eigenvalue weighted by Crippen LogP contribution is 2.21.